The Morgan fingerprint density at radius 3 is 1.92 bits per heavy atom. The van der Waals surface area contributed by atoms with Gasteiger partial charge >= 0.3 is 0 Å². The molecule has 0 saturated heterocycles. The molecule has 1 fully saturated rings. The molecule has 3 heteroatoms. The van der Waals surface area contributed by atoms with Crippen LogP contribution in [0.2, 0.25) is 0 Å². The molecule has 0 amide bonds. The van der Waals surface area contributed by atoms with Crippen LogP contribution in [0.5, 0.6) is 0 Å². The zero-order valence-electron chi connectivity index (χ0n) is 6.23. The maximum Gasteiger partial charge on any atom is 0.102 e. The van der Waals surface area contributed by atoms with Crippen molar-refractivity contribution in [1.82, 2.24) is 0 Å². The van der Waals surface area contributed by atoms with Gasteiger partial charge in [-0.15, -0.1) is 0 Å². The van der Waals surface area contributed by atoms with Crippen LogP contribution in [-0.2, 0) is 4.32 Å². The van der Waals surface area contributed by atoms with Gasteiger partial charge in [-0.05, 0) is 12.0 Å². The summed E-state index contributed by atoms with van der Waals surface area (Å²) in [7, 11) is 0. The Bertz CT molecular complexity index is 294. The zero-order valence-corrected chi connectivity index (χ0v) is 11.0. The molecule has 1 aliphatic carbocycles. The van der Waals surface area contributed by atoms with Crippen LogP contribution in [0.25, 0.3) is 0 Å². The quantitative estimate of drug-likeness (QED) is 0.664. The molecule has 1 atom stereocenters. The average molecular weight is 355 g/mol. The van der Waals surface area contributed by atoms with Gasteiger partial charge in [-0.1, -0.05) is 78.1 Å². The van der Waals surface area contributed by atoms with E-state index in [1.54, 1.807) is 0 Å². The van der Waals surface area contributed by atoms with Crippen LogP contribution >= 0.6 is 47.8 Å². The molecule has 0 spiro atoms. The molecule has 12 heavy (non-hydrogen) atoms. The lowest BCUT2D eigenvalue weighted by molar-refractivity contribution is 1.06. The first kappa shape index (κ1) is 9.22. The van der Waals surface area contributed by atoms with E-state index in [0.717, 1.165) is 6.42 Å². The molecule has 1 aromatic carbocycles. The van der Waals surface area contributed by atoms with Gasteiger partial charge in [-0.25, -0.2) is 0 Å². The topological polar surface area (TPSA) is 0 Å². The summed E-state index contributed by atoms with van der Waals surface area (Å²) in [5.41, 5.74) is 1.32. The third-order valence-corrected chi connectivity index (χ3v) is 6.55. The summed E-state index contributed by atoms with van der Waals surface area (Å²) >= 11 is 11.0. The SMILES string of the molecule is BrC1(Br)C[C@]1(Br)c1ccccc1. The van der Waals surface area contributed by atoms with E-state index in [9.17, 15) is 0 Å². The molecule has 0 nitrogen and oxygen atoms in total. The fraction of sp³-hybridized carbons (Fsp3) is 0.333. The van der Waals surface area contributed by atoms with Crippen LogP contribution in [-0.4, -0.2) is 3.23 Å². The van der Waals surface area contributed by atoms with Gasteiger partial charge in [0.2, 0.25) is 0 Å². The highest BCUT2D eigenvalue weighted by Gasteiger charge is 2.64. The van der Waals surface area contributed by atoms with Gasteiger partial charge in [-0.2, -0.15) is 0 Å². The van der Waals surface area contributed by atoms with Crippen LogP contribution < -0.4 is 0 Å². The number of halogens is 3. The van der Waals surface area contributed by atoms with Crippen molar-refractivity contribution in [1.29, 1.82) is 0 Å². The van der Waals surface area contributed by atoms with Gasteiger partial charge in [0, 0.05) is 0 Å². The van der Waals surface area contributed by atoms with E-state index >= 15 is 0 Å². The van der Waals surface area contributed by atoms with Gasteiger partial charge in [0.15, 0.2) is 0 Å². The smallest absolute Gasteiger partial charge is 0.0775 e. The highest BCUT2D eigenvalue weighted by atomic mass is 79.9. The Morgan fingerprint density at radius 2 is 1.50 bits per heavy atom. The van der Waals surface area contributed by atoms with E-state index in [1.807, 2.05) is 6.07 Å². The number of hydrogen-bond donors (Lipinski definition) is 0. The number of rotatable bonds is 1. The van der Waals surface area contributed by atoms with E-state index in [-0.39, 0.29) is 7.56 Å². The molecule has 0 N–H and O–H groups in total. The Labute approximate surface area is 97.1 Å². The first-order chi connectivity index (χ1) is 5.56. The minimum absolute atomic E-state index is 0.0500. The van der Waals surface area contributed by atoms with Crippen molar-refractivity contribution >= 4 is 47.8 Å². The van der Waals surface area contributed by atoms with E-state index in [2.05, 4.69) is 72.1 Å². The van der Waals surface area contributed by atoms with Crippen LogP contribution in [0.1, 0.15) is 12.0 Å². The molecular formula is C9H7Br3. The van der Waals surface area contributed by atoms with Crippen LogP contribution in [0, 0.1) is 0 Å². The lowest BCUT2D eigenvalue weighted by atomic mass is 10.1. The summed E-state index contributed by atoms with van der Waals surface area (Å²) in [6.45, 7) is 0. The second-order valence-electron chi connectivity index (χ2n) is 3.05. The molecule has 1 aliphatic rings. The first-order valence-electron chi connectivity index (χ1n) is 3.68. The van der Waals surface area contributed by atoms with Gasteiger partial charge in [0.05, 0.1) is 4.32 Å². The molecule has 0 heterocycles. The highest BCUT2D eigenvalue weighted by Crippen LogP contribution is 2.70. The van der Waals surface area contributed by atoms with Gasteiger partial charge < -0.3 is 0 Å². The molecule has 0 aromatic heterocycles. The fourth-order valence-corrected chi connectivity index (χ4v) is 4.01. The molecule has 0 unspecified atom stereocenters. The third kappa shape index (κ3) is 1.30. The minimum atomic E-state index is 0.0500. The maximum absolute atomic E-state index is 3.73. The van der Waals surface area contributed by atoms with E-state index in [4.69, 9.17) is 0 Å². The van der Waals surface area contributed by atoms with Crippen molar-refractivity contribution in [2.75, 3.05) is 0 Å². The third-order valence-electron chi connectivity index (χ3n) is 2.15. The zero-order chi connectivity index (χ0) is 8.82. The molecule has 0 bridgehead atoms. The normalized spacial score (nSPS) is 31.6. The molecule has 64 valence electrons. The summed E-state index contributed by atoms with van der Waals surface area (Å²) in [6, 6.07) is 10.4. The Morgan fingerprint density at radius 1 is 1.00 bits per heavy atom. The van der Waals surface area contributed by atoms with Crippen molar-refractivity contribution in [2.45, 2.75) is 14.0 Å². The lowest BCUT2D eigenvalue weighted by Crippen LogP contribution is -2.04. The van der Waals surface area contributed by atoms with Crippen molar-refractivity contribution < 1.29 is 0 Å². The van der Waals surface area contributed by atoms with Crippen LogP contribution in [0.15, 0.2) is 30.3 Å². The summed E-state index contributed by atoms with van der Waals surface area (Å²) in [4.78, 5) is 0. The van der Waals surface area contributed by atoms with Crippen molar-refractivity contribution in [3.8, 4) is 0 Å². The minimum Gasteiger partial charge on any atom is -0.0775 e. The molecule has 1 aromatic rings. The highest BCUT2D eigenvalue weighted by molar-refractivity contribution is 9.26. The predicted molar refractivity (Wildman–Crippen MR) is 62.2 cm³/mol. The van der Waals surface area contributed by atoms with E-state index < -0.39 is 0 Å². The standard InChI is InChI=1S/C9H7Br3/c10-8(6-9(8,11)12)7-4-2-1-3-5-7/h1-5H,6H2/t8-/m0/s1. The summed E-state index contributed by atoms with van der Waals surface area (Å²) in [5, 5.41) is 0. The number of alkyl halides is 3. The second kappa shape index (κ2) is 2.82. The summed E-state index contributed by atoms with van der Waals surface area (Å²) < 4.78 is 0.135. The maximum atomic E-state index is 3.73. The molecule has 2 rings (SSSR count). The average Bonchev–Trinajstić information content (AvgIpc) is 2.55. The molecule has 0 aliphatic heterocycles. The fourth-order valence-electron chi connectivity index (χ4n) is 1.28. The van der Waals surface area contributed by atoms with Gasteiger partial charge in [0.1, 0.15) is 3.23 Å². The molecule has 1 saturated carbocycles. The number of benzene rings is 1. The largest absolute Gasteiger partial charge is 0.102 e. The van der Waals surface area contributed by atoms with Crippen molar-refractivity contribution in [3.63, 3.8) is 0 Å². The Hall–Kier alpha value is 0.660. The summed E-state index contributed by atoms with van der Waals surface area (Å²) in [6.07, 6.45) is 1.07. The lowest BCUT2D eigenvalue weighted by Gasteiger charge is -2.09. The molecular weight excluding hydrogens is 348 g/mol. The van der Waals surface area contributed by atoms with Gasteiger partial charge in [0.25, 0.3) is 0 Å². The predicted octanol–water partition coefficient (Wildman–Crippen LogP) is 4.17. The van der Waals surface area contributed by atoms with E-state index in [1.165, 1.54) is 5.56 Å². The van der Waals surface area contributed by atoms with E-state index in [0.29, 0.717) is 0 Å². The van der Waals surface area contributed by atoms with Gasteiger partial charge in [-0.3, -0.25) is 0 Å². The monoisotopic (exact) mass is 352 g/mol. The Kier molecular flexibility index (Phi) is 2.17. The first-order valence-corrected chi connectivity index (χ1v) is 6.06. The second-order valence-corrected chi connectivity index (χ2v) is 8.17. The van der Waals surface area contributed by atoms with Crippen LogP contribution in [0.3, 0.4) is 0 Å². The van der Waals surface area contributed by atoms with Crippen LogP contribution in [0.4, 0.5) is 0 Å². The Balaban J connectivity index is 2.35. The van der Waals surface area contributed by atoms with Crippen molar-refractivity contribution in [2.24, 2.45) is 0 Å². The summed E-state index contributed by atoms with van der Waals surface area (Å²) in [5.74, 6) is 0. The molecule has 0 radical (unpaired) electrons. The van der Waals surface area contributed by atoms with Crippen molar-refractivity contribution in [3.05, 3.63) is 35.9 Å². The number of hydrogen-bond acceptors (Lipinski definition) is 0.